The third-order valence-corrected chi connectivity index (χ3v) is 4.93. The molecule has 0 bridgehead atoms. The molecule has 0 aliphatic heterocycles. The van der Waals surface area contributed by atoms with Gasteiger partial charge in [-0.1, -0.05) is 47.5 Å². The molecule has 5 rings (SSSR count). The lowest BCUT2D eigenvalue weighted by molar-refractivity contribution is 1.36. The van der Waals surface area contributed by atoms with E-state index < -0.39 is 0 Å². The summed E-state index contributed by atoms with van der Waals surface area (Å²) in [6.07, 6.45) is 0. The molecule has 3 aromatic carbocycles. The summed E-state index contributed by atoms with van der Waals surface area (Å²) in [6.45, 7) is 4.20. The quantitative estimate of drug-likeness (QED) is 0.390. The molecule has 0 N–H and O–H groups in total. The summed E-state index contributed by atoms with van der Waals surface area (Å²) < 4.78 is 0. The number of hydrogen-bond acceptors (Lipinski definition) is 0. The summed E-state index contributed by atoms with van der Waals surface area (Å²) >= 11 is 0. The molecule has 0 amide bonds. The summed E-state index contributed by atoms with van der Waals surface area (Å²) in [5, 5.41) is 2.35. The van der Waals surface area contributed by atoms with Crippen molar-refractivity contribution in [3.8, 4) is 22.5 Å². The zero-order valence-corrected chi connectivity index (χ0v) is 14.7. The predicted molar refractivity (Wildman–Crippen MR) is 107 cm³/mol. The molecule has 0 saturated carbocycles. The number of rotatable bonds is 2. The Hall–Kier alpha value is -3.26. The SMILES string of the molecule is Cc1cccc2cc(-c3[c-]c(-c4cc5cccc(C)c5[n-]4)ccc3)[n-]c12. The summed E-state index contributed by atoms with van der Waals surface area (Å²) in [7, 11) is 0. The van der Waals surface area contributed by atoms with Crippen LogP contribution < -0.4 is 9.97 Å². The van der Waals surface area contributed by atoms with Crippen LogP contribution in [-0.4, -0.2) is 0 Å². The molecule has 2 aromatic heterocycles. The van der Waals surface area contributed by atoms with E-state index in [1.165, 1.54) is 21.9 Å². The topological polar surface area (TPSA) is 28.2 Å². The van der Waals surface area contributed by atoms with Gasteiger partial charge in [-0.2, -0.15) is 11.4 Å². The lowest BCUT2D eigenvalue weighted by atomic mass is 10.1. The van der Waals surface area contributed by atoms with Crippen LogP contribution in [0.25, 0.3) is 44.3 Å². The number of fused-ring (bicyclic) bond motifs is 2. The Morgan fingerprint density at radius 3 is 1.54 bits per heavy atom. The third kappa shape index (κ3) is 2.34. The molecular formula is C24H17N2-3. The standard InChI is InChI=1S/C24H17N2/c1-15-6-3-10-19-13-21(25-23(15)19)17-8-5-9-18(12-17)22-14-20-11-4-7-16(2)24(20)26-22/h3-11,13-14H,1-2H3/q-3. The Balaban J connectivity index is 1.63. The molecule has 0 saturated heterocycles. The Morgan fingerprint density at radius 2 is 1.08 bits per heavy atom. The monoisotopic (exact) mass is 333 g/mol. The van der Waals surface area contributed by atoms with Crippen LogP contribution in [0.1, 0.15) is 11.1 Å². The Kier molecular flexibility index (Phi) is 3.26. The first-order chi connectivity index (χ1) is 12.7. The van der Waals surface area contributed by atoms with Crippen LogP contribution >= 0.6 is 0 Å². The highest BCUT2D eigenvalue weighted by Crippen LogP contribution is 2.29. The van der Waals surface area contributed by atoms with Gasteiger partial charge in [-0.25, -0.2) is 0 Å². The maximum Gasteiger partial charge on any atom is -0.0410 e. The summed E-state index contributed by atoms with van der Waals surface area (Å²) in [4.78, 5) is 9.65. The fourth-order valence-electron chi connectivity index (χ4n) is 3.55. The normalized spacial score (nSPS) is 11.5. The van der Waals surface area contributed by atoms with Gasteiger partial charge in [-0.3, -0.25) is 0 Å². The minimum atomic E-state index is 0.962. The minimum Gasteiger partial charge on any atom is -0.692 e. The fraction of sp³-hybridized carbons (Fsp3) is 0.0833. The molecule has 0 aliphatic carbocycles. The van der Waals surface area contributed by atoms with Crippen molar-refractivity contribution in [1.29, 1.82) is 0 Å². The molecule has 0 atom stereocenters. The van der Waals surface area contributed by atoms with Crippen LogP contribution in [0.2, 0.25) is 0 Å². The van der Waals surface area contributed by atoms with Crippen molar-refractivity contribution in [3.05, 3.63) is 83.9 Å². The van der Waals surface area contributed by atoms with Gasteiger partial charge in [0.2, 0.25) is 0 Å². The first-order valence-electron chi connectivity index (χ1n) is 8.78. The predicted octanol–water partition coefficient (Wildman–Crippen LogP) is 5.66. The number of para-hydroxylation sites is 2. The van der Waals surface area contributed by atoms with Gasteiger partial charge in [0, 0.05) is 0 Å². The smallest absolute Gasteiger partial charge is 0.0410 e. The van der Waals surface area contributed by atoms with Gasteiger partial charge in [-0.15, -0.1) is 58.6 Å². The second kappa shape index (κ2) is 5.63. The molecule has 126 valence electrons. The Morgan fingerprint density at radius 1 is 0.615 bits per heavy atom. The van der Waals surface area contributed by atoms with E-state index in [1.54, 1.807) is 0 Å². The highest BCUT2D eigenvalue weighted by molar-refractivity contribution is 5.90. The van der Waals surface area contributed by atoms with E-state index >= 15 is 0 Å². The first kappa shape index (κ1) is 15.0. The summed E-state index contributed by atoms with van der Waals surface area (Å²) in [6, 6.07) is 26.5. The second-order valence-corrected chi connectivity index (χ2v) is 6.79. The molecule has 0 spiro atoms. The highest BCUT2D eigenvalue weighted by atomic mass is 14.7. The molecule has 2 heterocycles. The van der Waals surface area contributed by atoms with E-state index in [-0.39, 0.29) is 0 Å². The molecule has 0 unspecified atom stereocenters. The average Bonchev–Trinajstić information content (AvgIpc) is 3.28. The van der Waals surface area contributed by atoms with E-state index in [9.17, 15) is 0 Å². The van der Waals surface area contributed by atoms with Crippen molar-refractivity contribution in [2.45, 2.75) is 13.8 Å². The van der Waals surface area contributed by atoms with Crippen molar-refractivity contribution in [2.75, 3.05) is 0 Å². The molecule has 0 radical (unpaired) electrons. The van der Waals surface area contributed by atoms with Gasteiger partial charge < -0.3 is 9.97 Å². The van der Waals surface area contributed by atoms with Crippen LogP contribution in [0.5, 0.6) is 0 Å². The molecule has 26 heavy (non-hydrogen) atoms. The van der Waals surface area contributed by atoms with E-state index in [0.717, 1.165) is 33.5 Å². The lowest BCUT2D eigenvalue weighted by Crippen LogP contribution is -1.85. The highest BCUT2D eigenvalue weighted by Gasteiger charge is 1.96. The summed E-state index contributed by atoms with van der Waals surface area (Å²) in [5.41, 5.74) is 8.45. The number of aromatic nitrogens is 2. The second-order valence-electron chi connectivity index (χ2n) is 6.79. The van der Waals surface area contributed by atoms with Gasteiger partial charge in [0.1, 0.15) is 0 Å². The number of nitrogens with zero attached hydrogens (tertiary/aromatic N) is 2. The molecule has 5 aromatic rings. The lowest BCUT2D eigenvalue weighted by Gasteiger charge is -2.20. The van der Waals surface area contributed by atoms with Crippen molar-refractivity contribution in [1.82, 2.24) is 9.97 Å². The van der Waals surface area contributed by atoms with E-state index in [2.05, 4.69) is 86.6 Å². The van der Waals surface area contributed by atoms with Crippen LogP contribution in [0.4, 0.5) is 0 Å². The molecule has 0 aliphatic rings. The zero-order chi connectivity index (χ0) is 17.7. The van der Waals surface area contributed by atoms with Crippen molar-refractivity contribution < 1.29 is 0 Å². The van der Waals surface area contributed by atoms with E-state index in [0.29, 0.717) is 0 Å². The largest absolute Gasteiger partial charge is 0.692 e. The van der Waals surface area contributed by atoms with Gasteiger partial charge >= 0.3 is 0 Å². The van der Waals surface area contributed by atoms with Crippen LogP contribution in [0, 0.1) is 19.9 Å². The number of benzene rings is 3. The number of hydrogen-bond donors (Lipinski definition) is 0. The van der Waals surface area contributed by atoms with Crippen LogP contribution in [0.15, 0.2) is 66.7 Å². The van der Waals surface area contributed by atoms with Gasteiger partial charge in [-0.05, 0) is 24.6 Å². The average molecular weight is 333 g/mol. The maximum atomic E-state index is 4.82. The van der Waals surface area contributed by atoms with Crippen molar-refractivity contribution >= 4 is 21.8 Å². The Labute approximate surface area is 152 Å². The van der Waals surface area contributed by atoms with Crippen molar-refractivity contribution in [2.24, 2.45) is 0 Å². The number of aryl methyl sites for hydroxylation is 2. The van der Waals surface area contributed by atoms with Gasteiger partial charge in [0.25, 0.3) is 0 Å². The van der Waals surface area contributed by atoms with E-state index in [1.807, 2.05) is 0 Å². The van der Waals surface area contributed by atoms with Crippen molar-refractivity contribution in [3.63, 3.8) is 0 Å². The first-order valence-corrected chi connectivity index (χ1v) is 8.78. The Bertz CT molecular complexity index is 1160. The van der Waals surface area contributed by atoms with Crippen LogP contribution in [-0.2, 0) is 0 Å². The zero-order valence-electron chi connectivity index (χ0n) is 14.7. The van der Waals surface area contributed by atoms with Gasteiger partial charge in [0.15, 0.2) is 0 Å². The molecule has 0 fully saturated rings. The third-order valence-electron chi connectivity index (χ3n) is 4.93. The van der Waals surface area contributed by atoms with E-state index in [4.69, 9.17) is 9.97 Å². The fourth-order valence-corrected chi connectivity index (χ4v) is 3.55. The van der Waals surface area contributed by atoms with Gasteiger partial charge in [0.05, 0.1) is 0 Å². The molecular weight excluding hydrogens is 316 g/mol. The summed E-state index contributed by atoms with van der Waals surface area (Å²) in [5.74, 6) is 0. The molecule has 2 heteroatoms. The minimum absolute atomic E-state index is 0.962. The van der Waals surface area contributed by atoms with Crippen LogP contribution in [0.3, 0.4) is 0 Å². The molecule has 2 nitrogen and oxygen atoms in total. The maximum absolute atomic E-state index is 4.82.